The quantitative estimate of drug-likeness (QED) is 0.320. The molecule has 1 amide bonds. The molecule has 2 aliphatic heterocycles. The second-order valence-corrected chi connectivity index (χ2v) is 10.5. The molecule has 0 bridgehead atoms. The van der Waals surface area contributed by atoms with Crippen LogP contribution in [-0.2, 0) is 9.53 Å². The van der Waals surface area contributed by atoms with E-state index in [9.17, 15) is 4.79 Å². The molecule has 40 heavy (non-hydrogen) atoms. The minimum Gasteiger partial charge on any atom is -0.495 e. The summed E-state index contributed by atoms with van der Waals surface area (Å²) in [5.74, 6) is 1.57. The molecule has 0 aliphatic carbocycles. The molecule has 4 heterocycles. The molecule has 3 N–H and O–H groups in total. The number of pyridine rings is 1. The molecular formula is C27H31Cl2N7O4. The summed E-state index contributed by atoms with van der Waals surface area (Å²) in [4.78, 5) is 28.4. The van der Waals surface area contributed by atoms with Gasteiger partial charge in [-0.05, 0) is 25.6 Å². The SMILES string of the molecule is C=CC(=O)N[C@H]1CN(C)C[C@H]1Nc1ncc2cc(-c3c(Cl)c(OC)cc(OC)c3Cl)nc(NC3CCOC3)c2n1. The Kier molecular flexibility index (Phi) is 8.46. The first-order valence-corrected chi connectivity index (χ1v) is 13.6. The molecule has 13 heteroatoms. The lowest BCUT2D eigenvalue weighted by Crippen LogP contribution is -2.45. The van der Waals surface area contributed by atoms with Crippen molar-refractivity contribution < 1.29 is 19.0 Å². The van der Waals surface area contributed by atoms with Crippen LogP contribution in [0, 0.1) is 0 Å². The largest absolute Gasteiger partial charge is 0.495 e. The van der Waals surface area contributed by atoms with Crippen LogP contribution in [0.2, 0.25) is 10.0 Å². The first-order valence-electron chi connectivity index (χ1n) is 12.8. The van der Waals surface area contributed by atoms with Crippen LogP contribution in [0.15, 0.2) is 31.0 Å². The maximum Gasteiger partial charge on any atom is 0.243 e. The summed E-state index contributed by atoms with van der Waals surface area (Å²) in [5, 5.41) is 11.2. The summed E-state index contributed by atoms with van der Waals surface area (Å²) in [6, 6.07) is 3.30. The maximum atomic E-state index is 12.0. The molecule has 2 saturated heterocycles. The number of hydrogen-bond donors (Lipinski definition) is 3. The summed E-state index contributed by atoms with van der Waals surface area (Å²) >= 11 is 13.4. The first-order chi connectivity index (χ1) is 19.3. The Balaban J connectivity index is 1.56. The van der Waals surface area contributed by atoms with Crippen molar-refractivity contribution in [1.82, 2.24) is 25.2 Å². The number of rotatable bonds is 9. The summed E-state index contributed by atoms with van der Waals surface area (Å²) in [6.07, 6.45) is 3.82. The number of amides is 1. The highest BCUT2D eigenvalue weighted by atomic mass is 35.5. The molecule has 3 atom stereocenters. The molecular weight excluding hydrogens is 557 g/mol. The molecule has 11 nitrogen and oxygen atoms in total. The van der Waals surface area contributed by atoms with Gasteiger partial charge in [-0.2, -0.15) is 0 Å². The van der Waals surface area contributed by atoms with Gasteiger partial charge in [-0.25, -0.2) is 15.0 Å². The van der Waals surface area contributed by atoms with Gasteiger partial charge in [-0.1, -0.05) is 29.8 Å². The van der Waals surface area contributed by atoms with Crippen LogP contribution in [0.4, 0.5) is 11.8 Å². The minimum absolute atomic E-state index is 0.0603. The van der Waals surface area contributed by atoms with E-state index in [1.54, 1.807) is 12.3 Å². The number of aromatic nitrogens is 3. The molecule has 0 spiro atoms. The minimum atomic E-state index is -0.222. The zero-order chi connectivity index (χ0) is 28.4. The molecule has 2 aliphatic rings. The third kappa shape index (κ3) is 5.73. The number of likely N-dealkylation sites (N-methyl/N-ethyl adjacent to an activating group) is 1. The second-order valence-electron chi connectivity index (χ2n) is 9.77. The molecule has 1 aromatic carbocycles. The number of fused-ring (bicyclic) bond motifs is 1. The van der Waals surface area contributed by atoms with E-state index in [4.69, 9.17) is 47.4 Å². The molecule has 1 unspecified atom stereocenters. The van der Waals surface area contributed by atoms with E-state index in [1.165, 1.54) is 20.3 Å². The maximum absolute atomic E-state index is 12.0. The van der Waals surface area contributed by atoms with Gasteiger partial charge in [0.1, 0.15) is 17.0 Å². The summed E-state index contributed by atoms with van der Waals surface area (Å²) < 4.78 is 16.5. The van der Waals surface area contributed by atoms with Gasteiger partial charge >= 0.3 is 0 Å². The van der Waals surface area contributed by atoms with Crippen LogP contribution < -0.4 is 25.4 Å². The lowest BCUT2D eigenvalue weighted by molar-refractivity contribution is -0.117. The average molecular weight is 588 g/mol. The smallest absolute Gasteiger partial charge is 0.243 e. The van der Waals surface area contributed by atoms with Crippen LogP contribution in [0.5, 0.6) is 11.5 Å². The van der Waals surface area contributed by atoms with Crippen LogP contribution in [-0.4, -0.2) is 91.5 Å². The predicted octanol–water partition coefficient (Wildman–Crippen LogP) is 3.61. The van der Waals surface area contributed by atoms with Crippen molar-refractivity contribution in [2.75, 3.05) is 58.2 Å². The van der Waals surface area contributed by atoms with Crippen molar-refractivity contribution in [2.45, 2.75) is 24.5 Å². The monoisotopic (exact) mass is 587 g/mol. The van der Waals surface area contributed by atoms with E-state index < -0.39 is 0 Å². The topological polar surface area (TPSA) is 123 Å². The zero-order valence-electron chi connectivity index (χ0n) is 22.5. The number of nitrogens with one attached hydrogen (secondary N) is 3. The van der Waals surface area contributed by atoms with Crippen LogP contribution in [0.25, 0.3) is 22.2 Å². The Hall–Kier alpha value is -3.38. The van der Waals surface area contributed by atoms with Crippen LogP contribution in [0.3, 0.4) is 0 Å². The van der Waals surface area contributed by atoms with Crippen molar-refractivity contribution in [3.63, 3.8) is 0 Å². The van der Waals surface area contributed by atoms with E-state index in [-0.39, 0.29) is 24.0 Å². The number of carbonyl (C=O) groups is 1. The number of likely N-dealkylation sites (tertiary alicyclic amines) is 1. The van der Waals surface area contributed by atoms with Gasteiger partial charge in [0.05, 0.1) is 54.7 Å². The lowest BCUT2D eigenvalue weighted by Gasteiger charge is -2.21. The molecule has 2 aromatic heterocycles. The van der Waals surface area contributed by atoms with E-state index in [0.29, 0.717) is 76.4 Å². The van der Waals surface area contributed by atoms with Crippen molar-refractivity contribution in [3.05, 3.63) is 41.0 Å². The van der Waals surface area contributed by atoms with Gasteiger partial charge in [-0.3, -0.25) is 4.79 Å². The highest BCUT2D eigenvalue weighted by molar-refractivity contribution is 6.41. The van der Waals surface area contributed by atoms with Gasteiger partial charge < -0.3 is 35.1 Å². The average Bonchev–Trinajstić information content (AvgIpc) is 3.58. The van der Waals surface area contributed by atoms with E-state index in [0.717, 1.165) is 11.8 Å². The Morgan fingerprint density at radius 1 is 1.12 bits per heavy atom. The number of halogens is 2. The van der Waals surface area contributed by atoms with E-state index >= 15 is 0 Å². The number of anilines is 2. The Morgan fingerprint density at radius 2 is 1.85 bits per heavy atom. The van der Waals surface area contributed by atoms with Crippen molar-refractivity contribution in [2.24, 2.45) is 0 Å². The number of methoxy groups -OCH3 is 2. The summed E-state index contributed by atoms with van der Waals surface area (Å²) in [5.41, 5.74) is 1.60. The zero-order valence-corrected chi connectivity index (χ0v) is 24.0. The van der Waals surface area contributed by atoms with Gasteiger partial charge in [0, 0.05) is 42.9 Å². The van der Waals surface area contributed by atoms with Gasteiger partial charge in [-0.15, -0.1) is 0 Å². The van der Waals surface area contributed by atoms with Crippen molar-refractivity contribution >= 4 is 51.8 Å². The third-order valence-electron chi connectivity index (χ3n) is 7.00. The predicted molar refractivity (Wildman–Crippen MR) is 156 cm³/mol. The third-order valence-corrected chi connectivity index (χ3v) is 7.75. The van der Waals surface area contributed by atoms with E-state index in [1.807, 2.05) is 13.1 Å². The number of ether oxygens (including phenoxy) is 3. The number of carbonyl (C=O) groups excluding carboxylic acids is 1. The van der Waals surface area contributed by atoms with Crippen molar-refractivity contribution in [3.8, 4) is 22.8 Å². The van der Waals surface area contributed by atoms with E-state index in [2.05, 4.69) is 32.4 Å². The standard InChI is InChI=1S/C27H31Cl2N7O4/c1-5-21(37)32-17-11-36(2)12-18(17)34-27-30-10-14-8-16(22-23(28)19(38-3)9-20(39-4)24(22)29)33-26(25(14)35-27)31-15-6-7-40-13-15/h5,8-10,15,17-18H,1,6-7,11-13H2,2-4H3,(H,31,33)(H,32,37)(H,30,34,35)/t15?,17-,18+/m0/s1. The number of nitrogens with zero attached hydrogens (tertiary/aromatic N) is 4. The summed E-state index contributed by atoms with van der Waals surface area (Å²) in [6.45, 7) is 6.16. The molecule has 2 fully saturated rings. The molecule has 0 radical (unpaired) electrons. The fourth-order valence-corrected chi connectivity index (χ4v) is 5.68. The Bertz CT molecular complexity index is 1410. The molecule has 3 aromatic rings. The van der Waals surface area contributed by atoms with Crippen LogP contribution >= 0.6 is 23.2 Å². The highest BCUT2D eigenvalue weighted by Crippen LogP contribution is 2.46. The van der Waals surface area contributed by atoms with Crippen LogP contribution in [0.1, 0.15) is 6.42 Å². The number of hydrogen-bond acceptors (Lipinski definition) is 10. The lowest BCUT2D eigenvalue weighted by atomic mass is 10.1. The fourth-order valence-electron chi connectivity index (χ4n) is 4.99. The summed E-state index contributed by atoms with van der Waals surface area (Å²) in [7, 11) is 5.05. The van der Waals surface area contributed by atoms with Gasteiger partial charge in [0.2, 0.25) is 11.9 Å². The van der Waals surface area contributed by atoms with Gasteiger partial charge in [0.15, 0.2) is 5.82 Å². The molecule has 0 saturated carbocycles. The highest BCUT2D eigenvalue weighted by Gasteiger charge is 2.32. The number of benzene rings is 1. The molecule has 5 rings (SSSR count). The normalized spacial score (nSPS) is 20.9. The van der Waals surface area contributed by atoms with Gasteiger partial charge in [0.25, 0.3) is 0 Å². The fraction of sp³-hybridized carbons (Fsp3) is 0.407. The molecule has 212 valence electrons. The Morgan fingerprint density at radius 3 is 2.50 bits per heavy atom. The second kappa shape index (κ2) is 12.0. The van der Waals surface area contributed by atoms with Crippen molar-refractivity contribution in [1.29, 1.82) is 0 Å². The first kappa shape index (κ1) is 28.2. The Labute approximate surface area is 242 Å².